The van der Waals surface area contributed by atoms with Crippen molar-refractivity contribution in [3.8, 4) is 11.5 Å². The zero-order valence-electron chi connectivity index (χ0n) is 9.58. The van der Waals surface area contributed by atoms with E-state index in [9.17, 15) is 13.6 Å². The lowest BCUT2D eigenvalue weighted by molar-refractivity contribution is 0.0171. The Morgan fingerprint density at radius 2 is 1.88 bits per heavy atom. The van der Waals surface area contributed by atoms with E-state index in [4.69, 9.17) is 14.6 Å². The summed E-state index contributed by atoms with van der Waals surface area (Å²) in [5, 5.41) is 8.93. The molecule has 1 rings (SSSR count). The maximum absolute atomic E-state index is 13.2. The molecular formula is C11H12F2O4. The first-order valence-electron chi connectivity index (χ1n) is 4.69. The van der Waals surface area contributed by atoms with Gasteiger partial charge in [0.05, 0.1) is 14.2 Å². The van der Waals surface area contributed by atoms with Crippen molar-refractivity contribution in [2.45, 2.75) is 12.8 Å². The van der Waals surface area contributed by atoms with E-state index in [0.717, 1.165) is 12.1 Å². The van der Waals surface area contributed by atoms with E-state index in [0.29, 0.717) is 6.92 Å². The summed E-state index contributed by atoms with van der Waals surface area (Å²) in [6.45, 7) is 0.680. The first-order chi connectivity index (χ1) is 7.81. The topological polar surface area (TPSA) is 55.8 Å². The van der Waals surface area contributed by atoms with Gasteiger partial charge in [0.25, 0.3) is 5.92 Å². The number of aromatic carboxylic acids is 1. The highest BCUT2D eigenvalue weighted by Gasteiger charge is 2.29. The van der Waals surface area contributed by atoms with Gasteiger partial charge in [0.2, 0.25) is 0 Å². The molecule has 4 nitrogen and oxygen atoms in total. The summed E-state index contributed by atoms with van der Waals surface area (Å²) in [5.74, 6) is -4.62. The van der Waals surface area contributed by atoms with Crippen molar-refractivity contribution in [2.75, 3.05) is 14.2 Å². The first kappa shape index (κ1) is 13.2. The fourth-order valence-corrected chi connectivity index (χ4v) is 1.38. The number of halogens is 2. The van der Waals surface area contributed by atoms with E-state index in [2.05, 4.69) is 0 Å². The molecule has 0 amide bonds. The normalized spacial score (nSPS) is 11.1. The summed E-state index contributed by atoms with van der Waals surface area (Å²) >= 11 is 0. The van der Waals surface area contributed by atoms with Gasteiger partial charge in [-0.2, -0.15) is 0 Å². The van der Waals surface area contributed by atoms with E-state index in [1.165, 1.54) is 14.2 Å². The summed E-state index contributed by atoms with van der Waals surface area (Å²) in [5.41, 5.74) is -0.795. The summed E-state index contributed by atoms with van der Waals surface area (Å²) in [6.07, 6.45) is 0. The lowest BCUT2D eigenvalue weighted by Crippen LogP contribution is -2.11. The molecular weight excluding hydrogens is 234 g/mol. The first-order valence-corrected chi connectivity index (χ1v) is 4.69. The molecule has 1 aromatic rings. The standard InChI is InChI=1S/C11H12F2O4/c1-11(12,13)6-4-7(10(14)15)9(17-3)8(5-6)16-2/h4-5H,1-3H3,(H,14,15). The van der Waals surface area contributed by atoms with E-state index in [-0.39, 0.29) is 17.1 Å². The number of methoxy groups -OCH3 is 2. The molecule has 0 atom stereocenters. The Balaban J connectivity index is 3.51. The maximum Gasteiger partial charge on any atom is 0.339 e. The largest absolute Gasteiger partial charge is 0.493 e. The summed E-state index contributed by atoms with van der Waals surface area (Å²) in [7, 11) is 2.50. The lowest BCUT2D eigenvalue weighted by Gasteiger charge is -2.16. The van der Waals surface area contributed by atoms with Gasteiger partial charge in [-0.1, -0.05) is 0 Å². The minimum atomic E-state index is -3.15. The van der Waals surface area contributed by atoms with Gasteiger partial charge in [-0.3, -0.25) is 0 Å². The van der Waals surface area contributed by atoms with E-state index in [1.807, 2.05) is 0 Å². The molecule has 0 aliphatic carbocycles. The minimum absolute atomic E-state index is 0.0380. The van der Waals surface area contributed by atoms with Crippen molar-refractivity contribution < 1.29 is 28.2 Å². The summed E-state index contributed by atoms with van der Waals surface area (Å²) in [6, 6.07) is 1.94. The van der Waals surface area contributed by atoms with Crippen LogP contribution < -0.4 is 9.47 Å². The van der Waals surface area contributed by atoms with Crippen LogP contribution in [0.25, 0.3) is 0 Å². The van der Waals surface area contributed by atoms with Crippen molar-refractivity contribution in [3.63, 3.8) is 0 Å². The van der Waals surface area contributed by atoms with Crippen LogP contribution in [0.1, 0.15) is 22.8 Å². The van der Waals surface area contributed by atoms with Gasteiger partial charge < -0.3 is 14.6 Å². The molecule has 6 heteroatoms. The Hall–Kier alpha value is -1.85. The van der Waals surface area contributed by atoms with Crippen LogP contribution in [0.15, 0.2) is 12.1 Å². The maximum atomic E-state index is 13.2. The fraction of sp³-hybridized carbons (Fsp3) is 0.364. The van der Waals surface area contributed by atoms with Gasteiger partial charge in [-0.25, -0.2) is 13.6 Å². The predicted molar refractivity (Wildman–Crippen MR) is 56.1 cm³/mol. The number of benzene rings is 1. The number of rotatable bonds is 4. The molecule has 0 aromatic heterocycles. The zero-order valence-corrected chi connectivity index (χ0v) is 9.58. The average Bonchev–Trinajstić information content (AvgIpc) is 2.25. The monoisotopic (exact) mass is 246 g/mol. The number of hydrogen-bond donors (Lipinski definition) is 1. The van der Waals surface area contributed by atoms with Crippen LogP contribution in [-0.4, -0.2) is 25.3 Å². The van der Waals surface area contributed by atoms with Crippen LogP contribution in [0, 0.1) is 0 Å². The van der Waals surface area contributed by atoms with Gasteiger partial charge in [0.15, 0.2) is 11.5 Å². The number of carbonyl (C=O) groups is 1. The molecule has 0 aliphatic rings. The highest BCUT2D eigenvalue weighted by atomic mass is 19.3. The van der Waals surface area contributed by atoms with Crippen LogP contribution in [0.2, 0.25) is 0 Å². The molecule has 0 radical (unpaired) electrons. The van der Waals surface area contributed by atoms with Crippen LogP contribution in [-0.2, 0) is 5.92 Å². The van der Waals surface area contributed by atoms with Crippen LogP contribution in [0.4, 0.5) is 8.78 Å². The molecule has 1 N–H and O–H groups in total. The second kappa shape index (κ2) is 4.57. The molecule has 1 aromatic carbocycles. The highest BCUT2D eigenvalue weighted by Crippen LogP contribution is 2.38. The number of hydrogen-bond acceptors (Lipinski definition) is 3. The average molecular weight is 246 g/mol. The third-order valence-corrected chi connectivity index (χ3v) is 2.22. The van der Waals surface area contributed by atoms with E-state index >= 15 is 0 Å². The molecule has 0 spiro atoms. The Bertz CT molecular complexity index is 438. The minimum Gasteiger partial charge on any atom is -0.493 e. The Labute approximate surface area is 96.8 Å². The van der Waals surface area contributed by atoms with Crippen molar-refractivity contribution in [2.24, 2.45) is 0 Å². The fourth-order valence-electron chi connectivity index (χ4n) is 1.38. The lowest BCUT2D eigenvalue weighted by atomic mass is 10.0. The van der Waals surface area contributed by atoms with Gasteiger partial charge >= 0.3 is 5.97 Å². The molecule has 0 bridgehead atoms. The Kier molecular flexibility index (Phi) is 3.55. The van der Waals surface area contributed by atoms with Crippen molar-refractivity contribution >= 4 is 5.97 Å². The van der Waals surface area contributed by atoms with E-state index < -0.39 is 17.5 Å². The SMILES string of the molecule is COc1cc(C(C)(F)F)cc(C(=O)O)c1OC. The zero-order chi connectivity index (χ0) is 13.2. The molecule has 94 valence electrons. The molecule has 0 unspecified atom stereocenters. The number of carboxylic acid groups (broad SMARTS) is 1. The second-order valence-corrected chi connectivity index (χ2v) is 3.45. The van der Waals surface area contributed by atoms with Crippen molar-refractivity contribution in [1.29, 1.82) is 0 Å². The van der Waals surface area contributed by atoms with Crippen LogP contribution >= 0.6 is 0 Å². The Morgan fingerprint density at radius 3 is 2.24 bits per heavy atom. The quantitative estimate of drug-likeness (QED) is 0.886. The Morgan fingerprint density at radius 1 is 1.29 bits per heavy atom. The number of ether oxygens (including phenoxy) is 2. The second-order valence-electron chi connectivity index (χ2n) is 3.45. The highest BCUT2D eigenvalue weighted by molar-refractivity contribution is 5.92. The van der Waals surface area contributed by atoms with Gasteiger partial charge in [-0.15, -0.1) is 0 Å². The smallest absolute Gasteiger partial charge is 0.339 e. The molecule has 0 fully saturated rings. The van der Waals surface area contributed by atoms with Crippen LogP contribution in [0.5, 0.6) is 11.5 Å². The van der Waals surface area contributed by atoms with Crippen molar-refractivity contribution in [3.05, 3.63) is 23.3 Å². The van der Waals surface area contributed by atoms with Gasteiger partial charge in [-0.05, 0) is 12.1 Å². The summed E-state index contributed by atoms with van der Waals surface area (Å²) < 4.78 is 36.0. The predicted octanol–water partition coefficient (Wildman–Crippen LogP) is 2.51. The van der Waals surface area contributed by atoms with Gasteiger partial charge in [0, 0.05) is 12.5 Å². The number of carboxylic acids is 1. The van der Waals surface area contributed by atoms with Crippen molar-refractivity contribution in [1.82, 2.24) is 0 Å². The molecule has 0 heterocycles. The molecule has 0 saturated carbocycles. The van der Waals surface area contributed by atoms with Gasteiger partial charge in [0.1, 0.15) is 5.56 Å². The molecule has 0 aliphatic heterocycles. The number of alkyl halides is 2. The van der Waals surface area contributed by atoms with E-state index in [1.54, 1.807) is 0 Å². The molecule has 0 saturated heterocycles. The summed E-state index contributed by atoms with van der Waals surface area (Å²) in [4.78, 5) is 10.9. The molecule has 17 heavy (non-hydrogen) atoms. The third kappa shape index (κ3) is 2.64. The van der Waals surface area contributed by atoms with Crippen LogP contribution in [0.3, 0.4) is 0 Å². The third-order valence-electron chi connectivity index (χ3n) is 2.22.